The van der Waals surface area contributed by atoms with Crippen molar-refractivity contribution in [1.82, 2.24) is 4.90 Å². The molecule has 0 unspecified atom stereocenters. The van der Waals surface area contributed by atoms with Gasteiger partial charge in [0.2, 0.25) is 5.76 Å². The van der Waals surface area contributed by atoms with Gasteiger partial charge in [-0.2, -0.15) is 0 Å². The third-order valence-corrected chi connectivity index (χ3v) is 4.08. The lowest BCUT2D eigenvalue weighted by Crippen LogP contribution is -2.46. The van der Waals surface area contributed by atoms with E-state index in [-0.39, 0.29) is 11.6 Å². The van der Waals surface area contributed by atoms with Gasteiger partial charge in [0.1, 0.15) is 5.82 Å². The van der Waals surface area contributed by atoms with Gasteiger partial charge in [0.25, 0.3) is 0 Å². The zero-order valence-electron chi connectivity index (χ0n) is 13.0. The highest BCUT2D eigenvalue weighted by Gasteiger charge is 2.22. The fourth-order valence-corrected chi connectivity index (χ4v) is 2.83. The van der Waals surface area contributed by atoms with Crippen molar-refractivity contribution in [2.75, 3.05) is 38.2 Å². The lowest BCUT2D eigenvalue weighted by molar-refractivity contribution is 0.0561. The van der Waals surface area contributed by atoms with Crippen molar-refractivity contribution in [3.8, 4) is 0 Å². The van der Waals surface area contributed by atoms with Crippen LogP contribution in [-0.4, -0.2) is 44.2 Å². The van der Waals surface area contributed by atoms with Crippen molar-refractivity contribution in [2.45, 2.75) is 6.54 Å². The quantitative estimate of drug-likeness (QED) is 0.811. The number of hydrogen-bond donors (Lipinski definition) is 0. The number of ether oxygens (including phenoxy) is 1. The van der Waals surface area contributed by atoms with E-state index in [1.807, 2.05) is 11.0 Å². The highest BCUT2D eigenvalue weighted by molar-refractivity contribution is 5.87. The summed E-state index contributed by atoms with van der Waals surface area (Å²) in [5.74, 6) is -0.400. The highest BCUT2D eigenvalue weighted by atomic mass is 19.1. The number of hydrogen-bond acceptors (Lipinski definition) is 5. The molecule has 0 aliphatic carbocycles. The Hall–Kier alpha value is -2.34. The Morgan fingerprint density at radius 2 is 1.96 bits per heavy atom. The van der Waals surface area contributed by atoms with E-state index in [1.54, 1.807) is 18.2 Å². The molecule has 23 heavy (non-hydrogen) atoms. The summed E-state index contributed by atoms with van der Waals surface area (Å²) in [6.07, 6.45) is 1.50. The van der Waals surface area contributed by atoms with Gasteiger partial charge < -0.3 is 14.1 Å². The second-order valence-electron chi connectivity index (χ2n) is 5.48. The van der Waals surface area contributed by atoms with Crippen LogP contribution in [0.3, 0.4) is 0 Å². The van der Waals surface area contributed by atoms with Gasteiger partial charge in [-0.3, -0.25) is 4.90 Å². The number of nitrogens with zero attached hydrogens (tertiary/aromatic N) is 2. The number of para-hydroxylation sites is 1. The molecule has 0 atom stereocenters. The molecule has 2 heterocycles. The maximum absolute atomic E-state index is 13.8. The Morgan fingerprint density at radius 1 is 1.22 bits per heavy atom. The maximum Gasteiger partial charge on any atom is 0.374 e. The van der Waals surface area contributed by atoms with Crippen LogP contribution in [0, 0.1) is 5.82 Å². The summed E-state index contributed by atoms with van der Waals surface area (Å²) >= 11 is 0. The van der Waals surface area contributed by atoms with Gasteiger partial charge in [0.15, 0.2) is 0 Å². The van der Waals surface area contributed by atoms with Crippen LogP contribution in [0.25, 0.3) is 0 Å². The molecule has 3 rings (SSSR count). The van der Waals surface area contributed by atoms with Crippen LogP contribution in [0.15, 0.2) is 41.0 Å². The minimum atomic E-state index is -0.463. The minimum absolute atomic E-state index is 0.191. The first-order valence-electron chi connectivity index (χ1n) is 7.55. The zero-order chi connectivity index (χ0) is 16.2. The number of methoxy groups -OCH3 is 1. The second-order valence-corrected chi connectivity index (χ2v) is 5.48. The molecule has 0 saturated carbocycles. The van der Waals surface area contributed by atoms with Crippen molar-refractivity contribution >= 4 is 11.7 Å². The van der Waals surface area contributed by atoms with Crippen LogP contribution < -0.4 is 4.90 Å². The Labute approximate surface area is 134 Å². The molecule has 1 aromatic carbocycles. The number of piperazine rings is 1. The van der Waals surface area contributed by atoms with E-state index in [9.17, 15) is 9.18 Å². The summed E-state index contributed by atoms with van der Waals surface area (Å²) in [6, 6.07) is 8.61. The van der Waals surface area contributed by atoms with E-state index in [2.05, 4.69) is 4.90 Å². The smallest absolute Gasteiger partial charge is 0.374 e. The van der Waals surface area contributed by atoms with Gasteiger partial charge in [0.05, 0.1) is 19.1 Å². The molecule has 0 N–H and O–H groups in total. The molecule has 0 radical (unpaired) electrons. The SMILES string of the molecule is COC(=O)c1occc1CN1CCN(c2ccccc2F)CC1. The molecule has 122 valence electrons. The van der Waals surface area contributed by atoms with Gasteiger partial charge in [-0.25, -0.2) is 9.18 Å². The summed E-state index contributed by atoms with van der Waals surface area (Å²) in [4.78, 5) is 15.9. The summed E-state index contributed by atoms with van der Waals surface area (Å²) in [5.41, 5.74) is 1.46. The first kappa shape index (κ1) is 15.6. The van der Waals surface area contributed by atoms with Crippen molar-refractivity contribution in [1.29, 1.82) is 0 Å². The summed E-state index contributed by atoms with van der Waals surface area (Å²) < 4.78 is 23.8. The molecule has 2 aromatic rings. The van der Waals surface area contributed by atoms with E-state index >= 15 is 0 Å². The van der Waals surface area contributed by atoms with Gasteiger partial charge >= 0.3 is 5.97 Å². The fourth-order valence-electron chi connectivity index (χ4n) is 2.83. The van der Waals surface area contributed by atoms with Crippen molar-refractivity contribution in [3.63, 3.8) is 0 Å². The predicted molar refractivity (Wildman–Crippen MR) is 83.9 cm³/mol. The molecule has 1 saturated heterocycles. The third-order valence-electron chi connectivity index (χ3n) is 4.08. The van der Waals surface area contributed by atoms with Crippen molar-refractivity contribution in [3.05, 3.63) is 53.7 Å². The lowest BCUT2D eigenvalue weighted by Gasteiger charge is -2.36. The van der Waals surface area contributed by atoms with Gasteiger partial charge in [-0.15, -0.1) is 0 Å². The maximum atomic E-state index is 13.8. The number of furan rings is 1. The molecule has 1 fully saturated rings. The van der Waals surface area contributed by atoms with Crippen LogP contribution in [0.4, 0.5) is 10.1 Å². The van der Waals surface area contributed by atoms with Crippen LogP contribution >= 0.6 is 0 Å². The first-order chi connectivity index (χ1) is 11.2. The van der Waals surface area contributed by atoms with Gasteiger partial charge in [0, 0.05) is 38.3 Å². The molecule has 0 spiro atoms. The predicted octanol–water partition coefficient (Wildman–Crippen LogP) is 2.53. The van der Waals surface area contributed by atoms with Crippen molar-refractivity contribution in [2.24, 2.45) is 0 Å². The van der Waals surface area contributed by atoms with Crippen LogP contribution in [0.2, 0.25) is 0 Å². The lowest BCUT2D eigenvalue weighted by atomic mass is 10.2. The molecule has 5 nitrogen and oxygen atoms in total. The molecule has 0 bridgehead atoms. The van der Waals surface area contributed by atoms with Gasteiger partial charge in [-0.05, 0) is 18.2 Å². The molecule has 1 aliphatic rings. The number of halogens is 1. The Kier molecular flexibility index (Phi) is 4.62. The Balaban J connectivity index is 1.61. The first-order valence-corrected chi connectivity index (χ1v) is 7.55. The molecular weight excluding hydrogens is 299 g/mol. The average Bonchev–Trinajstić information content (AvgIpc) is 3.03. The van der Waals surface area contributed by atoms with Crippen LogP contribution in [0.1, 0.15) is 16.1 Å². The number of carbonyl (C=O) groups excluding carboxylic acids is 1. The van der Waals surface area contributed by atoms with E-state index in [0.717, 1.165) is 31.7 Å². The topological polar surface area (TPSA) is 45.9 Å². The molecule has 6 heteroatoms. The Morgan fingerprint density at radius 3 is 2.65 bits per heavy atom. The third kappa shape index (κ3) is 3.37. The monoisotopic (exact) mass is 318 g/mol. The number of carbonyl (C=O) groups is 1. The van der Waals surface area contributed by atoms with Gasteiger partial charge in [-0.1, -0.05) is 12.1 Å². The number of esters is 1. The molecule has 1 aliphatic heterocycles. The number of anilines is 1. The van der Waals surface area contributed by atoms with Crippen LogP contribution in [-0.2, 0) is 11.3 Å². The second kappa shape index (κ2) is 6.83. The Bertz CT molecular complexity index is 678. The molecule has 0 amide bonds. The average molecular weight is 318 g/mol. The summed E-state index contributed by atoms with van der Waals surface area (Å²) in [5, 5.41) is 0. The normalized spacial score (nSPS) is 15.7. The largest absolute Gasteiger partial charge is 0.463 e. The van der Waals surface area contributed by atoms with Crippen LogP contribution in [0.5, 0.6) is 0 Å². The fraction of sp³-hybridized carbons (Fsp3) is 0.353. The molecular formula is C17H19FN2O3. The van der Waals surface area contributed by atoms with E-state index in [4.69, 9.17) is 9.15 Å². The van der Waals surface area contributed by atoms with Crippen molar-refractivity contribution < 1.29 is 18.3 Å². The highest BCUT2D eigenvalue weighted by Crippen LogP contribution is 2.21. The number of rotatable bonds is 4. The number of benzene rings is 1. The van der Waals surface area contributed by atoms with E-state index < -0.39 is 5.97 Å². The minimum Gasteiger partial charge on any atom is -0.463 e. The van der Waals surface area contributed by atoms with E-state index in [0.29, 0.717) is 12.2 Å². The summed E-state index contributed by atoms with van der Waals surface area (Å²) in [7, 11) is 1.34. The van der Waals surface area contributed by atoms with E-state index in [1.165, 1.54) is 19.4 Å². The molecule has 1 aromatic heterocycles. The zero-order valence-corrected chi connectivity index (χ0v) is 13.0. The standard InChI is InChI=1S/C17H19FN2O3/c1-22-17(21)16-13(6-11-23-16)12-19-7-9-20(10-8-19)15-5-3-2-4-14(15)18/h2-6,11H,7-10,12H2,1H3. The summed E-state index contributed by atoms with van der Waals surface area (Å²) in [6.45, 7) is 3.69.